The topological polar surface area (TPSA) is 53.5 Å². The fourth-order valence-electron chi connectivity index (χ4n) is 4.08. The summed E-state index contributed by atoms with van der Waals surface area (Å²) in [5.74, 6) is -0.104. The van der Waals surface area contributed by atoms with Crippen molar-refractivity contribution in [2.45, 2.75) is 31.8 Å². The van der Waals surface area contributed by atoms with Crippen LogP contribution in [0.5, 0.6) is 0 Å². The average molecular weight is 349 g/mol. The van der Waals surface area contributed by atoms with E-state index in [0.717, 1.165) is 18.4 Å². The summed E-state index contributed by atoms with van der Waals surface area (Å²) in [6, 6.07) is 12.4. The Bertz CT molecular complexity index is 796. The third kappa shape index (κ3) is 3.21. The van der Waals surface area contributed by atoms with Crippen molar-refractivity contribution in [2.75, 3.05) is 13.6 Å². The Kier molecular flexibility index (Phi) is 4.45. The number of benzene rings is 1. The van der Waals surface area contributed by atoms with Crippen molar-refractivity contribution in [3.63, 3.8) is 0 Å². The molecule has 0 unspecified atom stereocenters. The second-order valence-electron chi connectivity index (χ2n) is 7.32. The number of rotatable bonds is 4. The molecule has 5 nitrogen and oxygen atoms in total. The predicted molar refractivity (Wildman–Crippen MR) is 98.2 cm³/mol. The summed E-state index contributed by atoms with van der Waals surface area (Å²) >= 11 is 0. The SMILES string of the molecule is CN(C(=O)[C@H]1CC(=O)N(Cc2cccnc2)C1)C1Cc2ccccc2C1. The second kappa shape index (κ2) is 6.90. The number of hydrogen-bond donors (Lipinski definition) is 0. The molecule has 2 heterocycles. The zero-order valence-corrected chi connectivity index (χ0v) is 15.0. The van der Waals surface area contributed by atoms with Gasteiger partial charge in [-0.05, 0) is 35.6 Å². The summed E-state index contributed by atoms with van der Waals surface area (Å²) in [6.07, 6.45) is 5.60. The molecule has 2 aromatic rings. The quantitative estimate of drug-likeness (QED) is 0.849. The summed E-state index contributed by atoms with van der Waals surface area (Å²) in [4.78, 5) is 33.0. The van der Waals surface area contributed by atoms with E-state index in [9.17, 15) is 9.59 Å². The molecule has 0 spiro atoms. The lowest BCUT2D eigenvalue weighted by Gasteiger charge is -2.27. The fourth-order valence-corrected chi connectivity index (χ4v) is 4.08. The lowest BCUT2D eigenvalue weighted by Crippen LogP contribution is -2.42. The van der Waals surface area contributed by atoms with Crippen LogP contribution in [0.1, 0.15) is 23.1 Å². The third-order valence-corrected chi connectivity index (χ3v) is 5.58. The van der Waals surface area contributed by atoms with Gasteiger partial charge in [-0.2, -0.15) is 0 Å². The maximum Gasteiger partial charge on any atom is 0.228 e. The van der Waals surface area contributed by atoms with Crippen LogP contribution >= 0.6 is 0 Å². The van der Waals surface area contributed by atoms with E-state index in [0.29, 0.717) is 19.5 Å². The van der Waals surface area contributed by atoms with E-state index in [2.05, 4.69) is 29.2 Å². The first-order valence-corrected chi connectivity index (χ1v) is 9.12. The molecule has 1 saturated heterocycles. The predicted octanol–water partition coefficient (Wildman–Crippen LogP) is 2.06. The number of pyridine rings is 1. The van der Waals surface area contributed by atoms with Gasteiger partial charge in [0.2, 0.25) is 11.8 Å². The van der Waals surface area contributed by atoms with Gasteiger partial charge in [-0.1, -0.05) is 30.3 Å². The number of likely N-dealkylation sites (tertiary alicyclic amines) is 1. The summed E-state index contributed by atoms with van der Waals surface area (Å²) < 4.78 is 0. The van der Waals surface area contributed by atoms with Crippen molar-refractivity contribution < 1.29 is 9.59 Å². The first kappa shape index (κ1) is 16.8. The Balaban J connectivity index is 1.39. The molecule has 1 atom stereocenters. The number of nitrogens with zero attached hydrogens (tertiary/aromatic N) is 3. The zero-order chi connectivity index (χ0) is 18.1. The van der Waals surface area contributed by atoms with Gasteiger partial charge in [0, 0.05) is 45.0 Å². The zero-order valence-electron chi connectivity index (χ0n) is 15.0. The minimum absolute atomic E-state index is 0.0512. The maximum absolute atomic E-state index is 13.0. The van der Waals surface area contributed by atoms with E-state index in [4.69, 9.17) is 0 Å². The van der Waals surface area contributed by atoms with Gasteiger partial charge in [-0.3, -0.25) is 14.6 Å². The number of hydrogen-bond acceptors (Lipinski definition) is 3. The molecule has 1 aromatic heterocycles. The smallest absolute Gasteiger partial charge is 0.228 e. The molecule has 1 aromatic carbocycles. The fraction of sp³-hybridized carbons (Fsp3) is 0.381. The van der Waals surface area contributed by atoms with Crippen molar-refractivity contribution in [3.8, 4) is 0 Å². The minimum atomic E-state index is -0.243. The van der Waals surface area contributed by atoms with E-state index >= 15 is 0 Å². The first-order valence-electron chi connectivity index (χ1n) is 9.12. The Morgan fingerprint density at radius 3 is 2.54 bits per heavy atom. The summed E-state index contributed by atoms with van der Waals surface area (Å²) in [5, 5.41) is 0. The van der Waals surface area contributed by atoms with Gasteiger partial charge < -0.3 is 9.80 Å². The molecule has 134 valence electrons. The molecular formula is C21H23N3O2. The van der Waals surface area contributed by atoms with Crippen LogP contribution in [0.2, 0.25) is 0 Å². The van der Waals surface area contributed by atoms with E-state index in [1.54, 1.807) is 17.3 Å². The molecule has 1 fully saturated rings. The molecule has 2 aliphatic rings. The first-order chi connectivity index (χ1) is 12.6. The molecule has 0 bridgehead atoms. The molecule has 5 heteroatoms. The summed E-state index contributed by atoms with van der Waals surface area (Å²) in [7, 11) is 1.88. The standard InChI is InChI=1S/C21H23N3O2/c1-23(19-9-16-6-2-3-7-17(16)10-19)21(26)18-11-20(25)24(14-18)13-15-5-4-8-22-12-15/h2-8,12,18-19H,9-11,13-14H2,1H3/t18-/m0/s1. The molecular weight excluding hydrogens is 326 g/mol. The van der Waals surface area contributed by atoms with Crippen LogP contribution in [-0.4, -0.2) is 46.2 Å². The molecule has 1 aliphatic heterocycles. The monoisotopic (exact) mass is 349 g/mol. The lowest BCUT2D eigenvalue weighted by molar-refractivity contribution is -0.136. The number of aromatic nitrogens is 1. The molecule has 4 rings (SSSR count). The van der Waals surface area contributed by atoms with Gasteiger partial charge in [-0.25, -0.2) is 0 Å². The van der Waals surface area contributed by atoms with E-state index in [1.165, 1.54) is 11.1 Å². The number of amides is 2. The Hall–Kier alpha value is -2.69. The highest BCUT2D eigenvalue weighted by atomic mass is 16.2. The average Bonchev–Trinajstić information content (AvgIpc) is 3.25. The maximum atomic E-state index is 13.0. The molecule has 0 radical (unpaired) electrons. The molecule has 26 heavy (non-hydrogen) atoms. The van der Waals surface area contributed by atoms with E-state index in [-0.39, 0.29) is 23.8 Å². The van der Waals surface area contributed by atoms with Gasteiger partial charge in [0.15, 0.2) is 0 Å². The van der Waals surface area contributed by atoms with E-state index < -0.39 is 0 Å². The van der Waals surface area contributed by atoms with Gasteiger partial charge in [-0.15, -0.1) is 0 Å². The Labute approximate surface area is 153 Å². The molecule has 0 saturated carbocycles. The van der Waals surface area contributed by atoms with Crippen molar-refractivity contribution in [2.24, 2.45) is 5.92 Å². The summed E-state index contributed by atoms with van der Waals surface area (Å²) in [6.45, 7) is 1.02. The van der Waals surface area contributed by atoms with Crippen molar-refractivity contribution in [1.29, 1.82) is 0 Å². The van der Waals surface area contributed by atoms with Crippen LogP contribution in [0.25, 0.3) is 0 Å². The van der Waals surface area contributed by atoms with Crippen LogP contribution in [0, 0.1) is 5.92 Å². The number of carbonyl (C=O) groups is 2. The lowest BCUT2D eigenvalue weighted by atomic mass is 10.1. The largest absolute Gasteiger partial charge is 0.342 e. The number of likely N-dealkylation sites (N-methyl/N-ethyl adjacent to an activating group) is 1. The molecule has 1 aliphatic carbocycles. The van der Waals surface area contributed by atoms with Crippen LogP contribution in [0.4, 0.5) is 0 Å². The number of fused-ring (bicyclic) bond motifs is 1. The van der Waals surface area contributed by atoms with Crippen LogP contribution in [-0.2, 0) is 29.0 Å². The van der Waals surface area contributed by atoms with Gasteiger partial charge in [0.05, 0.1) is 5.92 Å². The van der Waals surface area contributed by atoms with E-state index in [1.807, 2.05) is 24.1 Å². The van der Waals surface area contributed by atoms with Gasteiger partial charge >= 0.3 is 0 Å². The van der Waals surface area contributed by atoms with Gasteiger partial charge in [0.25, 0.3) is 0 Å². The van der Waals surface area contributed by atoms with Crippen molar-refractivity contribution in [1.82, 2.24) is 14.8 Å². The van der Waals surface area contributed by atoms with Gasteiger partial charge in [0.1, 0.15) is 0 Å². The van der Waals surface area contributed by atoms with Crippen LogP contribution in [0.15, 0.2) is 48.8 Å². The third-order valence-electron chi connectivity index (χ3n) is 5.58. The summed E-state index contributed by atoms with van der Waals surface area (Å²) in [5.41, 5.74) is 3.66. The molecule has 0 N–H and O–H groups in total. The van der Waals surface area contributed by atoms with Crippen LogP contribution in [0.3, 0.4) is 0 Å². The second-order valence-corrected chi connectivity index (χ2v) is 7.32. The van der Waals surface area contributed by atoms with Crippen LogP contribution < -0.4 is 0 Å². The minimum Gasteiger partial charge on any atom is -0.342 e. The highest BCUT2D eigenvalue weighted by molar-refractivity contribution is 5.89. The Morgan fingerprint density at radius 1 is 1.15 bits per heavy atom. The number of carbonyl (C=O) groups excluding carboxylic acids is 2. The highest BCUT2D eigenvalue weighted by Gasteiger charge is 2.38. The van der Waals surface area contributed by atoms with Crippen molar-refractivity contribution in [3.05, 3.63) is 65.5 Å². The highest BCUT2D eigenvalue weighted by Crippen LogP contribution is 2.28. The Morgan fingerprint density at radius 2 is 1.88 bits per heavy atom. The normalized spacial score (nSPS) is 19.7. The van der Waals surface area contributed by atoms with Crippen molar-refractivity contribution >= 4 is 11.8 Å². The molecule has 2 amide bonds.